The Bertz CT molecular complexity index is 635. The number of alkyl halides is 3. The lowest BCUT2D eigenvalue weighted by molar-refractivity contribution is -0.137. The monoisotopic (exact) mass is 292 g/mol. The van der Waals surface area contributed by atoms with E-state index in [4.69, 9.17) is 4.84 Å². The lowest BCUT2D eigenvalue weighted by atomic mass is 10.1. The maximum atomic E-state index is 12.8. The summed E-state index contributed by atoms with van der Waals surface area (Å²) < 4.78 is 38.3. The van der Waals surface area contributed by atoms with Crippen molar-refractivity contribution in [3.63, 3.8) is 0 Å². The van der Waals surface area contributed by atoms with E-state index in [-0.39, 0.29) is 12.2 Å². The molecule has 0 aliphatic carbocycles. The molecular formula is C16H13F3NO. The molecule has 0 heterocycles. The molecule has 0 amide bonds. The van der Waals surface area contributed by atoms with Gasteiger partial charge in [0.15, 0.2) is 0 Å². The van der Waals surface area contributed by atoms with Gasteiger partial charge in [0.2, 0.25) is 0 Å². The van der Waals surface area contributed by atoms with Crippen molar-refractivity contribution < 1.29 is 18.0 Å². The first-order valence-corrected chi connectivity index (χ1v) is 6.27. The molecule has 0 bridgehead atoms. The van der Waals surface area contributed by atoms with E-state index >= 15 is 0 Å². The van der Waals surface area contributed by atoms with Gasteiger partial charge in [-0.1, -0.05) is 47.6 Å². The van der Waals surface area contributed by atoms with Gasteiger partial charge in [-0.15, -0.1) is 0 Å². The van der Waals surface area contributed by atoms with Crippen molar-refractivity contribution in [3.05, 3.63) is 70.8 Å². The average molecular weight is 292 g/mol. The minimum Gasteiger partial charge on any atom is -0.390 e. The Hall–Kier alpha value is -2.30. The van der Waals surface area contributed by atoms with Crippen LogP contribution in [0, 0.1) is 6.92 Å². The minimum absolute atomic E-state index is 0.144. The van der Waals surface area contributed by atoms with Crippen molar-refractivity contribution in [2.45, 2.75) is 19.7 Å². The normalized spacial score (nSPS) is 11.8. The van der Waals surface area contributed by atoms with E-state index in [9.17, 15) is 13.2 Å². The average Bonchev–Trinajstić information content (AvgIpc) is 2.45. The first-order valence-electron chi connectivity index (χ1n) is 6.27. The van der Waals surface area contributed by atoms with Crippen molar-refractivity contribution in [2.24, 2.45) is 5.16 Å². The fourth-order valence-electron chi connectivity index (χ4n) is 1.78. The largest absolute Gasteiger partial charge is 0.417 e. The van der Waals surface area contributed by atoms with Crippen molar-refractivity contribution in [2.75, 3.05) is 0 Å². The van der Waals surface area contributed by atoms with Crippen LogP contribution in [0.3, 0.4) is 0 Å². The van der Waals surface area contributed by atoms with Gasteiger partial charge in [0.25, 0.3) is 0 Å². The Balaban J connectivity index is 2.04. The molecule has 0 N–H and O–H groups in total. The Morgan fingerprint density at radius 2 is 1.71 bits per heavy atom. The lowest BCUT2D eigenvalue weighted by Crippen LogP contribution is -2.08. The summed E-state index contributed by atoms with van der Waals surface area (Å²) >= 11 is 0. The molecule has 21 heavy (non-hydrogen) atoms. The van der Waals surface area contributed by atoms with Gasteiger partial charge < -0.3 is 4.84 Å². The molecule has 0 saturated carbocycles. The van der Waals surface area contributed by atoms with Crippen LogP contribution in [0.2, 0.25) is 0 Å². The molecule has 0 saturated heterocycles. The van der Waals surface area contributed by atoms with Gasteiger partial charge >= 0.3 is 6.18 Å². The molecule has 109 valence electrons. The summed E-state index contributed by atoms with van der Waals surface area (Å²) in [6, 6.07) is 12.6. The van der Waals surface area contributed by atoms with Crippen LogP contribution in [0.1, 0.15) is 22.3 Å². The van der Waals surface area contributed by atoms with E-state index in [0.29, 0.717) is 0 Å². The molecule has 0 aliphatic heterocycles. The summed E-state index contributed by atoms with van der Waals surface area (Å²) in [6.45, 7) is 2.11. The minimum atomic E-state index is -4.44. The Kier molecular flexibility index (Phi) is 4.62. The van der Waals surface area contributed by atoms with Crippen molar-refractivity contribution in [3.8, 4) is 0 Å². The highest BCUT2D eigenvalue weighted by Gasteiger charge is 2.32. The van der Waals surface area contributed by atoms with Gasteiger partial charge in [-0.25, -0.2) is 0 Å². The summed E-state index contributed by atoms with van der Waals surface area (Å²) in [5, 5.41) is 3.50. The highest BCUT2D eigenvalue weighted by atomic mass is 19.4. The molecule has 0 aliphatic rings. The molecule has 0 spiro atoms. The predicted molar refractivity (Wildman–Crippen MR) is 73.9 cm³/mol. The van der Waals surface area contributed by atoms with Gasteiger partial charge in [-0.3, -0.25) is 0 Å². The molecular weight excluding hydrogens is 279 g/mol. The van der Waals surface area contributed by atoms with Crippen LogP contribution in [-0.4, -0.2) is 6.21 Å². The maximum Gasteiger partial charge on any atom is 0.417 e. The molecule has 2 aromatic rings. The fraction of sp³-hybridized carbons (Fsp3) is 0.188. The first kappa shape index (κ1) is 15.1. The SMILES string of the molecule is Cc1ccccc1CO/N=[C]\c1ccccc1C(F)(F)F. The highest BCUT2D eigenvalue weighted by molar-refractivity contribution is 5.81. The van der Waals surface area contributed by atoms with Crippen LogP contribution in [0.4, 0.5) is 13.2 Å². The molecule has 2 nitrogen and oxygen atoms in total. The third kappa shape index (κ3) is 4.08. The van der Waals surface area contributed by atoms with E-state index in [1.54, 1.807) is 0 Å². The van der Waals surface area contributed by atoms with Gasteiger partial charge in [0, 0.05) is 5.56 Å². The molecule has 1 radical (unpaired) electrons. The van der Waals surface area contributed by atoms with Crippen LogP contribution < -0.4 is 0 Å². The Morgan fingerprint density at radius 3 is 2.43 bits per heavy atom. The standard InChI is InChI=1S/C16H13F3NO/c1-12-6-2-3-8-14(12)11-21-20-10-13-7-4-5-9-15(13)16(17,18)19/h2-9H,11H2,1H3. The molecule has 0 unspecified atom stereocenters. The lowest BCUT2D eigenvalue weighted by Gasteiger charge is -2.08. The fourth-order valence-corrected chi connectivity index (χ4v) is 1.78. The Labute approximate surface area is 120 Å². The van der Waals surface area contributed by atoms with Crippen LogP contribution >= 0.6 is 0 Å². The summed E-state index contributed by atoms with van der Waals surface area (Å²) in [6.07, 6.45) is -2.14. The first-order chi connectivity index (χ1) is 9.98. The third-order valence-corrected chi connectivity index (χ3v) is 2.94. The predicted octanol–water partition coefficient (Wildman–Crippen LogP) is 4.44. The zero-order valence-corrected chi connectivity index (χ0v) is 11.3. The molecule has 0 atom stereocenters. The van der Waals surface area contributed by atoms with Gasteiger partial charge in [0.1, 0.15) is 12.8 Å². The van der Waals surface area contributed by atoms with E-state index in [0.717, 1.165) is 17.2 Å². The Morgan fingerprint density at radius 1 is 1.05 bits per heavy atom. The summed E-state index contributed by atoms with van der Waals surface area (Å²) in [5.74, 6) is 0. The number of halogens is 3. The molecule has 0 aromatic heterocycles. The van der Waals surface area contributed by atoms with Crippen LogP contribution in [0.5, 0.6) is 0 Å². The second kappa shape index (κ2) is 6.43. The second-order valence-corrected chi connectivity index (χ2v) is 4.45. The number of hydrogen-bond donors (Lipinski definition) is 0. The molecule has 0 fully saturated rings. The van der Waals surface area contributed by atoms with Gasteiger partial charge in [-0.05, 0) is 24.1 Å². The second-order valence-electron chi connectivity index (χ2n) is 4.45. The van der Waals surface area contributed by atoms with Crippen molar-refractivity contribution >= 4 is 6.21 Å². The van der Waals surface area contributed by atoms with E-state index in [1.165, 1.54) is 18.2 Å². The topological polar surface area (TPSA) is 21.6 Å². The zero-order valence-electron chi connectivity index (χ0n) is 11.3. The number of rotatable bonds is 4. The quantitative estimate of drug-likeness (QED) is 0.603. The number of nitrogens with zero attached hydrogens (tertiary/aromatic N) is 1. The van der Waals surface area contributed by atoms with E-state index in [2.05, 4.69) is 11.4 Å². The van der Waals surface area contributed by atoms with Crippen LogP contribution in [0.25, 0.3) is 0 Å². The number of benzene rings is 2. The van der Waals surface area contributed by atoms with Gasteiger partial charge in [-0.2, -0.15) is 13.2 Å². The highest BCUT2D eigenvalue weighted by Crippen LogP contribution is 2.31. The smallest absolute Gasteiger partial charge is 0.390 e. The van der Waals surface area contributed by atoms with Crippen LogP contribution in [-0.2, 0) is 17.6 Å². The van der Waals surface area contributed by atoms with Crippen LogP contribution in [0.15, 0.2) is 53.7 Å². The third-order valence-electron chi connectivity index (χ3n) is 2.94. The summed E-state index contributed by atoms with van der Waals surface area (Å²) in [7, 11) is 0. The zero-order chi connectivity index (χ0) is 15.3. The molecule has 5 heteroatoms. The van der Waals surface area contributed by atoms with Gasteiger partial charge in [0.05, 0.1) is 5.56 Å². The van der Waals surface area contributed by atoms with Crippen molar-refractivity contribution in [1.29, 1.82) is 0 Å². The summed E-state index contributed by atoms with van der Waals surface area (Å²) in [4.78, 5) is 5.02. The molecule has 2 aromatic carbocycles. The molecule has 2 rings (SSSR count). The number of hydrogen-bond acceptors (Lipinski definition) is 2. The van der Waals surface area contributed by atoms with Crippen molar-refractivity contribution in [1.82, 2.24) is 0 Å². The summed E-state index contributed by atoms with van der Waals surface area (Å²) in [5.41, 5.74) is 1.03. The number of aryl methyl sites for hydroxylation is 1. The van der Waals surface area contributed by atoms with E-state index < -0.39 is 11.7 Å². The van der Waals surface area contributed by atoms with E-state index in [1.807, 2.05) is 31.2 Å². The maximum absolute atomic E-state index is 12.8.